The minimum Gasteiger partial charge on any atom is -0.376 e. The van der Waals surface area contributed by atoms with Crippen LogP contribution in [0.2, 0.25) is 0 Å². The molecule has 1 aromatic rings. The number of hydrogen-bond donors (Lipinski definition) is 0. The molecule has 1 heterocycles. The molecule has 0 saturated carbocycles. The molecule has 29 heavy (non-hydrogen) atoms. The van der Waals surface area contributed by atoms with E-state index >= 15 is 0 Å². The third kappa shape index (κ3) is 5.24. The van der Waals surface area contributed by atoms with E-state index in [1.165, 1.54) is 12.1 Å². The number of unbranched alkanes of at least 4 members (excludes halogenated alkanes) is 2. The number of amides is 1. The molecule has 0 aliphatic carbocycles. The van der Waals surface area contributed by atoms with Crippen LogP contribution in [0.5, 0.6) is 5.75 Å². The number of carbonyl (C=O) groups excluding carboxylic acids is 1. The van der Waals surface area contributed by atoms with Crippen molar-refractivity contribution in [3.05, 3.63) is 29.8 Å². The van der Waals surface area contributed by atoms with Crippen molar-refractivity contribution in [3.8, 4) is 5.75 Å². The number of para-hydroxylation sites is 1. The Hall–Kier alpha value is -1.77. The maximum absolute atomic E-state index is 12.8. The van der Waals surface area contributed by atoms with Gasteiger partial charge in [0, 0.05) is 30.5 Å². The smallest absolute Gasteiger partial charge is 0.376 e. The summed E-state index contributed by atoms with van der Waals surface area (Å²) in [6.07, 6.45) is 3.84. The maximum Gasteiger partial charge on any atom is 0.534 e. The lowest BCUT2D eigenvalue weighted by atomic mass is 9.67. The zero-order valence-electron chi connectivity index (χ0n) is 17.0. The van der Waals surface area contributed by atoms with E-state index in [1.54, 1.807) is 17.0 Å². The normalized spacial score (nSPS) is 23.1. The lowest BCUT2D eigenvalue weighted by molar-refractivity contribution is -0.134. The predicted octanol–water partition coefficient (Wildman–Crippen LogP) is 4.62. The van der Waals surface area contributed by atoms with E-state index in [0.717, 1.165) is 19.3 Å². The average Bonchev–Trinajstić information content (AvgIpc) is 2.63. The summed E-state index contributed by atoms with van der Waals surface area (Å²) in [6.45, 7) is 6.78. The van der Waals surface area contributed by atoms with Crippen LogP contribution in [-0.2, 0) is 20.3 Å². The van der Waals surface area contributed by atoms with Crippen molar-refractivity contribution in [1.82, 2.24) is 4.90 Å². The second-order valence-corrected chi connectivity index (χ2v) is 9.38. The van der Waals surface area contributed by atoms with Gasteiger partial charge in [-0.2, -0.15) is 21.6 Å². The van der Waals surface area contributed by atoms with Crippen molar-refractivity contribution in [2.24, 2.45) is 5.92 Å². The predicted molar refractivity (Wildman–Crippen MR) is 104 cm³/mol. The average molecular weight is 436 g/mol. The van der Waals surface area contributed by atoms with Gasteiger partial charge in [0.05, 0.1) is 0 Å². The highest BCUT2D eigenvalue weighted by molar-refractivity contribution is 7.88. The molecule has 1 saturated heterocycles. The summed E-state index contributed by atoms with van der Waals surface area (Å²) in [4.78, 5) is 14.2. The molecule has 5 nitrogen and oxygen atoms in total. The van der Waals surface area contributed by atoms with Gasteiger partial charge in [-0.15, -0.1) is 0 Å². The van der Waals surface area contributed by atoms with Crippen LogP contribution in [0.1, 0.15) is 58.4 Å². The Labute approximate surface area is 170 Å². The van der Waals surface area contributed by atoms with Crippen molar-refractivity contribution in [2.45, 2.75) is 63.8 Å². The van der Waals surface area contributed by atoms with E-state index in [9.17, 15) is 26.4 Å². The summed E-state index contributed by atoms with van der Waals surface area (Å²) in [7, 11) is -5.76. The van der Waals surface area contributed by atoms with Gasteiger partial charge in [-0.1, -0.05) is 51.8 Å². The number of carbonyl (C=O) groups is 1. The quantitative estimate of drug-likeness (QED) is 0.356. The number of hydrogen-bond acceptors (Lipinski definition) is 4. The van der Waals surface area contributed by atoms with Crippen LogP contribution >= 0.6 is 0 Å². The fraction of sp³-hybridized carbons (Fsp3) is 0.650. The number of benzene rings is 1. The van der Waals surface area contributed by atoms with Gasteiger partial charge in [0.15, 0.2) is 0 Å². The molecule has 0 spiro atoms. The topological polar surface area (TPSA) is 63.7 Å². The molecule has 1 amide bonds. The molecule has 1 fully saturated rings. The van der Waals surface area contributed by atoms with Gasteiger partial charge in [-0.3, -0.25) is 4.79 Å². The Kier molecular flexibility index (Phi) is 7.24. The zero-order chi connectivity index (χ0) is 21.9. The summed E-state index contributed by atoms with van der Waals surface area (Å²) in [5.41, 5.74) is -5.72. The molecular weight excluding hydrogens is 407 g/mol. The van der Waals surface area contributed by atoms with Crippen LogP contribution < -0.4 is 4.18 Å². The molecule has 1 aromatic carbocycles. The second-order valence-electron chi connectivity index (χ2n) is 7.84. The second kappa shape index (κ2) is 8.93. The molecule has 1 aliphatic rings. The largest absolute Gasteiger partial charge is 0.534 e. The Morgan fingerprint density at radius 3 is 2.52 bits per heavy atom. The molecular formula is C20H28F3NO4S. The Morgan fingerprint density at radius 1 is 1.28 bits per heavy atom. The minimum atomic E-state index is -5.76. The molecule has 2 unspecified atom stereocenters. The molecule has 9 heteroatoms. The van der Waals surface area contributed by atoms with Crippen LogP contribution in [0.15, 0.2) is 24.3 Å². The van der Waals surface area contributed by atoms with Crippen LogP contribution in [-0.4, -0.2) is 37.8 Å². The molecule has 164 valence electrons. The van der Waals surface area contributed by atoms with E-state index < -0.39 is 21.0 Å². The van der Waals surface area contributed by atoms with Crippen molar-refractivity contribution in [2.75, 3.05) is 13.1 Å². The highest BCUT2D eigenvalue weighted by atomic mass is 32.2. The van der Waals surface area contributed by atoms with E-state index in [-0.39, 0.29) is 17.6 Å². The molecule has 1 aliphatic heterocycles. The third-order valence-corrected chi connectivity index (χ3v) is 6.78. The number of piperidine rings is 1. The van der Waals surface area contributed by atoms with Gasteiger partial charge < -0.3 is 9.08 Å². The number of rotatable bonds is 7. The lowest BCUT2D eigenvalue weighted by Gasteiger charge is -2.45. The fourth-order valence-electron chi connectivity index (χ4n) is 3.72. The molecule has 0 bridgehead atoms. The number of halogens is 3. The number of alkyl halides is 3. The highest BCUT2D eigenvalue weighted by Crippen LogP contribution is 2.44. The Balaban J connectivity index is 2.22. The van der Waals surface area contributed by atoms with E-state index in [0.29, 0.717) is 31.5 Å². The van der Waals surface area contributed by atoms with Crippen LogP contribution in [0, 0.1) is 5.92 Å². The third-order valence-electron chi connectivity index (χ3n) is 5.82. The highest BCUT2D eigenvalue weighted by Gasteiger charge is 2.49. The molecule has 0 aromatic heterocycles. The van der Waals surface area contributed by atoms with Gasteiger partial charge >= 0.3 is 15.6 Å². The lowest BCUT2D eigenvalue weighted by Crippen LogP contribution is -2.49. The first-order chi connectivity index (χ1) is 13.4. The first-order valence-electron chi connectivity index (χ1n) is 9.80. The van der Waals surface area contributed by atoms with Crippen molar-refractivity contribution in [3.63, 3.8) is 0 Å². The summed E-state index contributed by atoms with van der Waals surface area (Å²) in [6, 6.07) is 5.91. The van der Waals surface area contributed by atoms with Crippen LogP contribution in [0.4, 0.5) is 13.2 Å². The first kappa shape index (κ1) is 23.5. The standard InChI is InChI=1S/C20H28F3NO4S/c1-4-5-6-11-18(25)24-13-12-19(3,15(2)14-24)16-9-7-8-10-17(16)28-29(26,27)20(21,22)23/h7-10,15H,4-6,11-14H2,1-3H3. The Morgan fingerprint density at radius 2 is 1.93 bits per heavy atom. The molecule has 0 N–H and O–H groups in total. The molecule has 2 rings (SSSR count). The van der Waals surface area contributed by atoms with E-state index in [4.69, 9.17) is 0 Å². The SMILES string of the molecule is CCCCCC(=O)N1CCC(C)(c2ccccc2OS(=O)(=O)C(F)(F)F)C(C)C1. The zero-order valence-corrected chi connectivity index (χ0v) is 17.8. The van der Waals surface area contributed by atoms with E-state index in [2.05, 4.69) is 11.1 Å². The van der Waals surface area contributed by atoms with Crippen molar-refractivity contribution in [1.29, 1.82) is 0 Å². The minimum absolute atomic E-state index is 0.0801. The van der Waals surface area contributed by atoms with Gasteiger partial charge in [0.2, 0.25) is 5.91 Å². The number of nitrogens with zero attached hydrogens (tertiary/aromatic N) is 1. The number of likely N-dealkylation sites (tertiary alicyclic amines) is 1. The van der Waals surface area contributed by atoms with Gasteiger partial charge in [-0.05, 0) is 24.8 Å². The first-order valence-corrected chi connectivity index (χ1v) is 11.2. The summed E-state index contributed by atoms with van der Waals surface area (Å²) in [5.74, 6) is -0.330. The maximum atomic E-state index is 12.8. The molecule has 2 atom stereocenters. The monoisotopic (exact) mass is 435 g/mol. The van der Waals surface area contributed by atoms with Crippen molar-refractivity contribution < 1.29 is 30.6 Å². The van der Waals surface area contributed by atoms with Crippen LogP contribution in [0.25, 0.3) is 0 Å². The van der Waals surface area contributed by atoms with Gasteiger partial charge in [0.25, 0.3) is 0 Å². The van der Waals surface area contributed by atoms with Crippen LogP contribution in [0.3, 0.4) is 0 Å². The summed E-state index contributed by atoms with van der Waals surface area (Å²) >= 11 is 0. The summed E-state index contributed by atoms with van der Waals surface area (Å²) < 4.78 is 65.8. The van der Waals surface area contributed by atoms with Gasteiger partial charge in [-0.25, -0.2) is 0 Å². The summed E-state index contributed by atoms with van der Waals surface area (Å²) in [5, 5.41) is 0. The molecule has 0 radical (unpaired) electrons. The fourth-order valence-corrected chi connectivity index (χ4v) is 4.20. The Bertz CT molecular complexity index is 825. The van der Waals surface area contributed by atoms with E-state index in [1.807, 2.05) is 13.8 Å². The van der Waals surface area contributed by atoms with Crippen molar-refractivity contribution >= 4 is 16.0 Å². The van der Waals surface area contributed by atoms with Gasteiger partial charge in [0.1, 0.15) is 5.75 Å².